The summed E-state index contributed by atoms with van der Waals surface area (Å²) in [5.74, 6) is 0.516. The molecule has 0 N–H and O–H groups in total. The van der Waals surface area contributed by atoms with Crippen molar-refractivity contribution in [3.63, 3.8) is 0 Å². The number of pyridine rings is 1. The zero-order chi connectivity index (χ0) is 20.4. The van der Waals surface area contributed by atoms with E-state index in [2.05, 4.69) is 23.7 Å². The van der Waals surface area contributed by atoms with Gasteiger partial charge < -0.3 is 9.64 Å². The van der Waals surface area contributed by atoms with Gasteiger partial charge in [0.15, 0.2) is 0 Å². The van der Waals surface area contributed by atoms with E-state index >= 15 is 0 Å². The molecule has 4 nitrogen and oxygen atoms in total. The third-order valence-electron chi connectivity index (χ3n) is 6.55. The third kappa shape index (κ3) is 4.06. The third-order valence-corrected chi connectivity index (χ3v) is 6.55. The Kier molecular flexibility index (Phi) is 5.68. The molecule has 0 aliphatic carbocycles. The Morgan fingerprint density at radius 2 is 2.21 bits per heavy atom. The second-order valence-electron chi connectivity index (χ2n) is 8.81. The molecule has 1 spiro atoms. The maximum Gasteiger partial charge on any atom is 0.227 e. The lowest BCUT2D eigenvalue weighted by molar-refractivity contribution is -0.152. The first-order valence-electron chi connectivity index (χ1n) is 10.5. The molecule has 0 saturated carbocycles. The van der Waals surface area contributed by atoms with E-state index < -0.39 is 0 Å². The molecule has 29 heavy (non-hydrogen) atoms. The average molecular weight is 397 g/mol. The summed E-state index contributed by atoms with van der Waals surface area (Å²) >= 11 is 0. The van der Waals surface area contributed by atoms with Crippen LogP contribution >= 0.6 is 0 Å². The van der Waals surface area contributed by atoms with E-state index in [1.54, 1.807) is 24.5 Å². The van der Waals surface area contributed by atoms with Crippen LogP contribution in [0.1, 0.15) is 50.3 Å². The average Bonchev–Trinajstić information content (AvgIpc) is 3.11. The maximum absolute atomic E-state index is 13.8. The van der Waals surface area contributed by atoms with Crippen molar-refractivity contribution in [2.24, 2.45) is 11.8 Å². The molecule has 154 valence electrons. The van der Waals surface area contributed by atoms with Gasteiger partial charge in [0, 0.05) is 18.9 Å². The lowest BCUT2D eigenvalue weighted by atomic mass is 9.73. The Bertz CT molecular complexity index is 857. The molecule has 1 amide bonds. The van der Waals surface area contributed by atoms with Crippen LogP contribution in [0.5, 0.6) is 0 Å². The highest BCUT2D eigenvalue weighted by Crippen LogP contribution is 2.47. The van der Waals surface area contributed by atoms with Crippen LogP contribution in [0.3, 0.4) is 0 Å². The minimum absolute atomic E-state index is 0.132. The fraction of sp³-hybridized carbons (Fsp3) is 0.500. The topological polar surface area (TPSA) is 42.4 Å². The number of rotatable bonds is 4. The van der Waals surface area contributed by atoms with Crippen LogP contribution in [-0.2, 0) is 16.0 Å². The lowest BCUT2D eigenvalue weighted by Crippen LogP contribution is -2.56. The Hall–Kier alpha value is -2.27. The van der Waals surface area contributed by atoms with Crippen LogP contribution in [0.25, 0.3) is 0 Å². The number of nitrogens with zero attached hydrogens (tertiary/aromatic N) is 2. The first-order chi connectivity index (χ1) is 14.0. The summed E-state index contributed by atoms with van der Waals surface area (Å²) in [6.07, 6.45) is 6.57. The molecule has 2 fully saturated rings. The van der Waals surface area contributed by atoms with Gasteiger partial charge in [-0.1, -0.05) is 32.0 Å². The summed E-state index contributed by atoms with van der Waals surface area (Å²) < 4.78 is 20.2. The molecule has 2 aliphatic heterocycles. The second kappa shape index (κ2) is 8.23. The van der Waals surface area contributed by atoms with Crippen molar-refractivity contribution < 1.29 is 13.9 Å². The largest absolute Gasteiger partial charge is 0.371 e. The van der Waals surface area contributed by atoms with Crippen molar-refractivity contribution in [1.29, 1.82) is 0 Å². The molecule has 1 aromatic heterocycles. The monoisotopic (exact) mass is 396 g/mol. The normalized spacial score (nSPS) is 27.0. The van der Waals surface area contributed by atoms with Crippen LogP contribution in [0.4, 0.5) is 4.39 Å². The molecule has 3 heterocycles. The molecule has 3 atom stereocenters. The second-order valence-corrected chi connectivity index (χ2v) is 8.81. The Balaban J connectivity index is 1.55. The molecule has 4 rings (SSSR count). The number of ether oxygens (including phenoxy) is 1. The van der Waals surface area contributed by atoms with Gasteiger partial charge in [-0.05, 0) is 60.4 Å². The molecule has 0 radical (unpaired) electrons. The zero-order valence-electron chi connectivity index (χ0n) is 17.2. The first kappa shape index (κ1) is 20.0. The van der Waals surface area contributed by atoms with E-state index in [0.717, 1.165) is 36.9 Å². The van der Waals surface area contributed by atoms with Crippen LogP contribution < -0.4 is 0 Å². The molecule has 2 saturated heterocycles. The minimum atomic E-state index is -0.252. The maximum atomic E-state index is 13.8. The van der Waals surface area contributed by atoms with E-state index in [-0.39, 0.29) is 29.3 Å². The number of halogens is 1. The summed E-state index contributed by atoms with van der Waals surface area (Å²) in [6, 6.07) is 10.6. The predicted molar refractivity (Wildman–Crippen MR) is 110 cm³/mol. The number of carbonyl (C=O) groups excluding carboxylic acids is 1. The number of hydrogen-bond acceptors (Lipinski definition) is 3. The lowest BCUT2D eigenvalue weighted by Gasteiger charge is -2.48. The molecule has 2 aliphatic rings. The van der Waals surface area contributed by atoms with Gasteiger partial charge in [-0.2, -0.15) is 0 Å². The van der Waals surface area contributed by atoms with E-state index in [0.29, 0.717) is 18.9 Å². The summed E-state index contributed by atoms with van der Waals surface area (Å²) in [7, 11) is 0. The molecular weight excluding hydrogens is 367 g/mol. The van der Waals surface area contributed by atoms with Gasteiger partial charge in [-0.25, -0.2) is 4.39 Å². The quantitative estimate of drug-likeness (QED) is 0.761. The number of benzene rings is 1. The number of hydrogen-bond donors (Lipinski definition) is 0. The van der Waals surface area contributed by atoms with Gasteiger partial charge in [-0.3, -0.25) is 9.78 Å². The van der Waals surface area contributed by atoms with E-state index in [1.807, 2.05) is 18.2 Å². The molecule has 0 unspecified atom stereocenters. The molecule has 2 aromatic rings. The van der Waals surface area contributed by atoms with E-state index in [1.165, 1.54) is 6.07 Å². The highest BCUT2D eigenvalue weighted by molar-refractivity contribution is 5.80. The standard InChI is InChI=1S/C24H29FN2O2/c1-17(2)21-14-24(16-29-23(21)19-7-3-8-20(25)13-19)9-5-11-27(24)22(28)12-18-6-4-10-26-15-18/h3-4,6-8,10,13,15,17,21,23H,5,9,11-12,14,16H2,1-2H3/t21-,23-,24-/m0/s1. The number of likely N-dealkylation sites (tertiary alicyclic amines) is 1. The van der Waals surface area contributed by atoms with Crippen molar-refractivity contribution in [2.75, 3.05) is 13.2 Å². The highest BCUT2D eigenvalue weighted by Gasteiger charge is 2.50. The summed E-state index contributed by atoms with van der Waals surface area (Å²) in [5, 5.41) is 0. The number of aromatic nitrogens is 1. The fourth-order valence-electron chi connectivity index (χ4n) is 5.05. The van der Waals surface area contributed by atoms with E-state index in [4.69, 9.17) is 4.74 Å². The van der Waals surface area contributed by atoms with Crippen LogP contribution in [0.15, 0.2) is 48.8 Å². The smallest absolute Gasteiger partial charge is 0.227 e. The SMILES string of the molecule is CC(C)[C@@H]1C[C@@]2(CCCN2C(=O)Cc2cccnc2)CO[C@H]1c1cccc(F)c1. The predicted octanol–water partition coefficient (Wildman–Crippen LogP) is 4.56. The van der Waals surface area contributed by atoms with Crippen LogP contribution in [0.2, 0.25) is 0 Å². The Morgan fingerprint density at radius 3 is 2.93 bits per heavy atom. The minimum Gasteiger partial charge on any atom is -0.371 e. The van der Waals surface area contributed by atoms with Crippen molar-refractivity contribution >= 4 is 5.91 Å². The van der Waals surface area contributed by atoms with Gasteiger partial charge in [0.05, 0.1) is 24.7 Å². The zero-order valence-corrected chi connectivity index (χ0v) is 17.2. The van der Waals surface area contributed by atoms with Gasteiger partial charge >= 0.3 is 0 Å². The summed E-state index contributed by atoms with van der Waals surface area (Å²) in [4.78, 5) is 19.3. The molecular formula is C24H29FN2O2. The van der Waals surface area contributed by atoms with Crippen molar-refractivity contribution in [3.8, 4) is 0 Å². The first-order valence-corrected chi connectivity index (χ1v) is 10.5. The Labute approximate surface area is 172 Å². The molecule has 5 heteroatoms. The van der Waals surface area contributed by atoms with E-state index in [9.17, 15) is 9.18 Å². The van der Waals surface area contributed by atoms with Gasteiger partial charge in [0.1, 0.15) is 5.82 Å². The van der Waals surface area contributed by atoms with Crippen LogP contribution in [0, 0.1) is 17.7 Å². The summed E-state index contributed by atoms with van der Waals surface area (Å²) in [5.41, 5.74) is 1.58. The summed E-state index contributed by atoms with van der Waals surface area (Å²) in [6.45, 7) is 5.67. The van der Waals surface area contributed by atoms with Gasteiger partial charge in [0.2, 0.25) is 5.91 Å². The van der Waals surface area contributed by atoms with Crippen molar-refractivity contribution in [2.45, 2.75) is 51.2 Å². The fourth-order valence-corrected chi connectivity index (χ4v) is 5.05. The number of amides is 1. The van der Waals surface area contributed by atoms with Crippen molar-refractivity contribution in [3.05, 3.63) is 65.7 Å². The Morgan fingerprint density at radius 1 is 1.34 bits per heavy atom. The number of carbonyl (C=O) groups is 1. The van der Waals surface area contributed by atoms with Gasteiger partial charge in [-0.15, -0.1) is 0 Å². The van der Waals surface area contributed by atoms with Crippen LogP contribution in [-0.4, -0.2) is 34.5 Å². The molecule has 0 bridgehead atoms. The van der Waals surface area contributed by atoms with Crippen molar-refractivity contribution in [1.82, 2.24) is 9.88 Å². The molecule has 1 aromatic carbocycles. The highest BCUT2D eigenvalue weighted by atomic mass is 19.1. The van der Waals surface area contributed by atoms with Gasteiger partial charge in [0.25, 0.3) is 0 Å².